The molecule has 24 heavy (non-hydrogen) atoms. The van der Waals surface area contributed by atoms with Crippen molar-refractivity contribution >= 4 is 6.03 Å². The summed E-state index contributed by atoms with van der Waals surface area (Å²) in [5.41, 5.74) is 3.16. The summed E-state index contributed by atoms with van der Waals surface area (Å²) < 4.78 is 1.89. The van der Waals surface area contributed by atoms with Gasteiger partial charge in [0.1, 0.15) is 0 Å². The molecule has 0 saturated heterocycles. The smallest absolute Gasteiger partial charge is 0.315 e. The van der Waals surface area contributed by atoms with Crippen LogP contribution in [-0.4, -0.2) is 27.3 Å². The lowest BCUT2D eigenvalue weighted by atomic mass is 9.97. The number of urea groups is 1. The Balaban J connectivity index is 1.82. The lowest BCUT2D eigenvalue weighted by molar-refractivity contribution is 0.232. The molecule has 0 spiro atoms. The van der Waals surface area contributed by atoms with Crippen LogP contribution in [0, 0.1) is 19.8 Å². The second-order valence-electron chi connectivity index (χ2n) is 6.46. The third-order valence-corrected chi connectivity index (χ3v) is 3.91. The van der Waals surface area contributed by atoms with E-state index in [9.17, 15) is 4.79 Å². The van der Waals surface area contributed by atoms with Crippen LogP contribution in [0.1, 0.15) is 43.1 Å². The van der Waals surface area contributed by atoms with E-state index in [1.54, 1.807) is 6.20 Å². The number of nitrogens with one attached hydrogen (secondary N) is 2. The number of aryl methyl sites for hydroxylation is 3. The maximum Gasteiger partial charge on any atom is 0.315 e. The van der Waals surface area contributed by atoms with Crippen molar-refractivity contribution in [3.8, 4) is 0 Å². The van der Waals surface area contributed by atoms with Crippen molar-refractivity contribution in [1.29, 1.82) is 0 Å². The molecular weight excluding hydrogens is 302 g/mol. The van der Waals surface area contributed by atoms with Crippen molar-refractivity contribution in [3.63, 3.8) is 0 Å². The predicted octanol–water partition coefficient (Wildman–Crippen LogP) is 2.98. The first kappa shape index (κ1) is 18.0. The van der Waals surface area contributed by atoms with Crippen LogP contribution < -0.4 is 10.6 Å². The molecule has 2 heterocycles. The molecule has 0 unspecified atom stereocenters. The molecule has 2 amide bonds. The molecule has 2 rings (SSSR count). The topological polar surface area (TPSA) is 71.8 Å². The fourth-order valence-electron chi connectivity index (χ4n) is 2.60. The molecule has 0 bridgehead atoms. The first-order valence-corrected chi connectivity index (χ1v) is 8.42. The van der Waals surface area contributed by atoms with E-state index in [1.807, 2.05) is 43.1 Å². The number of carbonyl (C=O) groups excluding carboxylic acids is 1. The lowest BCUT2D eigenvalue weighted by Crippen LogP contribution is -2.40. The van der Waals surface area contributed by atoms with Gasteiger partial charge in [-0.05, 0) is 43.4 Å². The monoisotopic (exact) mass is 329 g/mol. The van der Waals surface area contributed by atoms with Gasteiger partial charge in [0.25, 0.3) is 0 Å². The van der Waals surface area contributed by atoms with Gasteiger partial charge >= 0.3 is 6.03 Å². The van der Waals surface area contributed by atoms with Crippen molar-refractivity contribution in [2.75, 3.05) is 6.54 Å². The van der Waals surface area contributed by atoms with Gasteiger partial charge in [0.05, 0.1) is 17.9 Å². The molecule has 0 aromatic carbocycles. The van der Waals surface area contributed by atoms with Crippen molar-refractivity contribution in [2.45, 2.75) is 46.7 Å². The van der Waals surface area contributed by atoms with Crippen LogP contribution >= 0.6 is 0 Å². The fraction of sp³-hybridized carbons (Fsp3) is 0.500. The van der Waals surface area contributed by atoms with Crippen LogP contribution in [0.15, 0.2) is 30.7 Å². The van der Waals surface area contributed by atoms with E-state index in [0.717, 1.165) is 29.8 Å². The fourth-order valence-corrected chi connectivity index (χ4v) is 2.60. The summed E-state index contributed by atoms with van der Waals surface area (Å²) in [6, 6.07) is 3.67. The molecule has 0 aliphatic rings. The molecule has 2 N–H and O–H groups in total. The molecule has 0 radical (unpaired) electrons. The Labute approximate surface area is 143 Å². The third-order valence-electron chi connectivity index (χ3n) is 3.91. The highest BCUT2D eigenvalue weighted by molar-refractivity contribution is 5.74. The minimum atomic E-state index is -0.157. The SMILES string of the molecule is Cc1cnn(CCCNC(=O)N[C@H](c2ncccc2C)C(C)C)c1. The van der Waals surface area contributed by atoms with E-state index in [0.29, 0.717) is 6.54 Å². The third kappa shape index (κ3) is 5.08. The zero-order valence-electron chi connectivity index (χ0n) is 14.9. The minimum absolute atomic E-state index is 0.0973. The van der Waals surface area contributed by atoms with Gasteiger partial charge in [-0.25, -0.2) is 4.79 Å². The van der Waals surface area contributed by atoms with Crippen LogP contribution in [0.25, 0.3) is 0 Å². The number of hydrogen-bond acceptors (Lipinski definition) is 3. The second-order valence-corrected chi connectivity index (χ2v) is 6.46. The highest BCUT2D eigenvalue weighted by Crippen LogP contribution is 2.22. The van der Waals surface area contributed by atoms with Gasteiger partial charge in [-0.15, -0.1) is 0 Å². The number of carbonyl (C=O) groups is 1. The summed E-state index contributed by atoms with van der Waals surface area (Å²) >= 11 is 0. The Morgan fingerprint density at radius 1 is 1.33 bits per heavy atom. The van der Waals surface area contributed by atoms with Crippen molar-refractivity contribution < 1.29 is 4.79 Å². The van der Waals surface area contributed by atoms with Crippen molar-refractivity contribution in [2.24, 2.45) is 5.92 Å². The van der Waals surface area contributed by atoms with Crippen molar-refractivity contribution in [1.82, 2.24) is 25.4 Å². The van der Waals surface area contributed by atoms with Crippen LogP contribution in [0.3, 0.4) is 0 Å². The highest BCUT2D eigenvalue weighted by atomic mass is 16.2. The number of aromatic nitrogens is 3. The van der Waals surface area contributed by atoms with Crippen molar-refractivity contribution in [3.05, 3.63) is 47.5 Å². The summed E-state index contributed by atoms with van der Waals surface area (Å²) in [7, 11) is 0. The molecular formula is C18H27N5O. The summed E-state index contributed by atoms with van der Waals surface area (Å²) in [5, 5.41) is 10.2. The largest absolute Gasteiger partial charge is 0.338 e. The number of amides is 2. The predicted molar refractivity (Wildman–Crippen MR) is 94.7 cm³/mol. The summed E-state index contributed by atoms with van der Waals surface area (Å²) in [6.07, 6.45) is 6.44. The average Bonchev–Trinajstić information content (AvgIpc) is 2.95. The Morgan fingerprint density at radius 3 is 2.75 bits per heavy atom. The number of hydrogen-bond donors (Lipinski definition) is 2. The zero-order chi connectivity index (χ0) is 17.5. The number of nitrogens with zero attached hydrogens (tertiary/aromatic N) is 3. The quantitative estimate of drug-likeness (QED) is 0.767. The van der Waals surface area contributed by atoms with E-state index in [1.165, 1.54) is 0 Å². The first-order valence-electron chi connectivity index (χ1n) is 8.42. The molecule has 2 aromatic rings. The van der Waals surface area contributed by atoms with E-state index >= 15 is 0 Å². The van der Waals surface area contributed by atoms with Gasteiger partial charge in [-0.1, -0.05) is 19.9 Å². The minimum Gasteiger partial charge on any atom is -0.338 e. The maximum absolute atomic E-state index is 12.2. The normalized spacial score (nSPS) is 12.2. The number of rotatable bonds is 7. The molecule has 0 fully saturated rings. The Kier molecular flexibility index (Phi) is 6.35. The summed E-state index contributed by atoms with van der Waals surface area (Å²) in [4.78, 5) is 16.6. The molecule has 0 aliphatic heterocycles. The molecule has 0 aliphatic carbocycles. The first-order chi connectivity index (χ1) is 11.5. The molecule has 6 nitrogen and oxygen atoms in total. The van der Waals surface area contributed by atoms with E-state index in [2.05, 4.69) is 34.6 Å². The second kappa shape index (κ2) is 8.47. The average molecular weight is 329 g/mol. The van der Waals surface area contributed by atoms with Gasteiger partial charge in [-0.3, -0.25) is 9.67 Å². The van der Waals surface area contributed by atoms with Gasteiger partial charge in [0, 0.05) is 25.5 Å². The summed E-state index contributed by atoms with van der Waals surface area (Å²) in [6.45, 7) is 9.60. The van der Waals surface area contributed by atoms with Gasteiger partial charge in [0.2, 0.25) is 0 Å². The molecule has 6 heteroatoms. The summed E-state index contributed by atoms with van der Waals surface area (Å²) in [5.74, 6) is 0.261. The molecule has 2 aromatic heterocycles. The van der Waals surface area contributed by atoms with Gasteiger partial charge < -0.3 is 10.6 Å². The highest BCUT2D eigenvalue weighted by Gasteiger charge is 2.20. The standard InChI is InChI=1S/C18H27N5O/c1-13(2)16(17-15(4)7-5-8-19-17)22-18(24)20-9-6-10-23-12-14(3)11-21-23/h5,7-8,11-13,16H,6,9-10H2,1-4H3,(H2,20,22,24)/t16-/m0/s1. The molecule has 0 saturated carbocycles. The lowest BCUT2D eigenvalue weighted by Gasteiger charge is -2.23. The van der Waals surface area contributed by atoms with E-state index in [-0.39, 0.29) is 18.0 Å². The number of pyridine rings is 1. The maximum atomic E-state index is 12.2. The van der Waals surface area contributed by atoms with Gasteiger partial charge in [0.15, 0.2) is 0 Å². The molecule has 130 valence electrons. The Bertz CT molecular complexity index is 665. The molecule has 1 atom stereocenters. The zero-order valence-corrected chi connectivity index (χ0v) is 14.9. The van der Waals surface area contributed by atoms with Crippen LogP contribution in [0.4, 0.5) is 4.79 Å². The van der Waals surface area contributed by atoms with Crippen LogP contribution in [0.5, 0.6) is 0 Å². The van der Waals surface area contributed by atoms with E-state index < -0.39 is 0 Å². The Morgan fingerprint density at radius 2 is 2.12 bits per heavy atom. The van der Waals surface area contributed by atoms with Crippen LogP contribution in [-0.2, 0) is 6.54 Å². The Hall–Kier alpha value is -2.37. The van der Waals surface area contributed by atoms with Gasteiger partial charge in [-0.2, -0.15) is 5.10 Å². The van der Waals surface area contributed by atoms with Crippen LogP contribution in [0.2, 0.25) is 0 Å². The van der Waals surface area contributed by atoms with E-state index in [4.69, 9.17) is 0 Å².